The van der Waals surface area contributed by atoms with E-state index in [0.29, 0.717) is 43.5 Å². The monoisotopic (exact) mass is 404 g/mol. The fourth-order valence-electron chi connectivity index (χ4n) is 3.40. The van der Waals surface area contributed by atoms with Crippen LogP contribution in [0.3, 0.4) is 0 Å². The fourth-order valence-corrected chi connectivity index (χ4v) is 4.87. The van der Waals surface area contributed by atoms with E-state index in [-0.39, 0.29) is 11.9 Å². The number of carbonyl (C=O) groups excluding carboxylic acids is 1. The van der Waals surface area contributed by atoms with Crippen LogP contribution >= 0.6 is 0 Å². The topological polar surface area (TPSA) is 70.9 Å². The number of benzene rings is 2. The predicted octanol–water partition coefficient (Wildman–Crippen LogP) is 0.890. The number of hydrogen-bond donors (Lipinski definition) is 2. The first-order chi connectivity index (χ1) is 13.3. The maximum atomic E-state index is 13.0. The van der Waals surface area contributed by atoms with Crippen LogP contribution in [0, 0.1) is 5.92 Å². The number of rotatable bonds is 6. The zero-order valence-electron chi connectivity index (χ0n) is 16.8. The Hall–Kier alpha value is -1.96. The van der Waals surface area contributed by atoms with E-state index in [2.05, 4.69) is 19.2 Å². The van der Waals surface area contributed by atoms with Crippen molar-refractivity contribution >= 4 is 26.7 Å². The smallest absolute Gasteiger partial charge is 0.275 e. The van der Waals surface area contributed by atoms with Crippen molar-refractivity contribution in [1.82, 2.24) is 9.62 Å². The molecule has 1 aliphatic heterocycles. The Morgan fingerprint density at radius 1 is 1.07 bits per heavy atom. The van der Waals surface area contributed by atoms with Gasteiger partial charge in [0.25, 0.3) is 5.91 Å². The molecule has 1 aliphatic rings. The molecule has 2 aromatic rings. The number of carbonyl (C=O) groups is 1. The normalized spacial score (nSPS) is 17.7. The van der Waals surface area contributed by atoms with Crippen molar-refractivity contribution in [2.75, 3.05) is 32.7 Å². The summed E-state index contributed by atoms with van der Waals surface area (Å²) >= 11 is 0. The zero-order valence-corrected chi connectivity index (χ0v) is 17.6. The second kappa shape index (κ2) is 8.59. The molecule has 1 heterocycles. The third-order valence-corrected chi connectivity index (χ3v) is 7.48. The summed E-state index contributed by atoms with van der Waals surface area (Å²) in [7, 11) is -3.52. The van der Waals surface area contributed by atoms with E-state index in [0.717, 1.165) is 15.7 Å². The first kappa shape index (κ1) is 20.8. The van der Waals surface area contributed by atoms with Crippen molar-refractivity contribution in [2.45, 2.75) is 31.7 Å². The summed E-state index contributed by atoms with van der Waals surface area (Å²) in [4.78, 5) is 13.6. The quantitative estimate of drug-likeness (QED) is 0.751. The number of amides is 1. The van der Waals surface area contributed by atoms with Gasteiger partial charge in [-0.25, -0.2) is 8.42 Å². The van der Waals surface area contributed by atoms with E-state index in [1.165, 1.54) is 4.31 Å². The van der Waals surface area contributed by atoms with Gasteiger partial charge in [0.1, 0.15) is 0 Å². The Labute approximate surface area is 167 Å². The first-order valence-corrected chi connectivity index (χ1v) is 11.3. The molecule has 0 saturated carbocycles. The lowest BCUT2D eigenvalue weighted by molar-refractivity contribution is -0.895. The van der Waals surface area contributed by atoms with Crippen molar-refractivity contribution in [3.05, 3.63) is 42.5 Å². The SMILES string of the molecule is CC(C)[C@H](C)NC(=O)C[NH+]1CCN(S(=O)(=O)c2ccc3ccccc3c2)CC1. The van der Waals surface area contributed by atoms with Crippen molar-refractivity contribution in [2.24, 2.45) is 5.92 Å². The lowest BCUT2D eigenvalue weighted by Gasteiger charge is -2.31. The van der Waals surface area contributed by atoms with Gasteiger partial charge in [-0.3, -0.25) is 4.79 Å². The largest absolute Gasteiger partial charge is 0.348 e. The molecule has 152 valence electrons. The summed E-state index contributed by atoms with van der Waals surface area (Å²) < 4.78 is 27.6. The van der Waals surface area contributed by atoms with E-state index >= 15 is 0 Å². The molecule has 1 fully saturated rings. The van der Waals surface area contributed by atoms with Gasteiger partial charge in [-0.15, -0.1) is 0 Å². The number of quaternary nitrogens is 1. The van der Waals surface area contributed by atoms with Crippen molar-refractivity contribution in [1.29, 1.82) is 0 Å². The minimum absolute atomic E-state index is 0.0297. The minimum atomic E-state index is -3.52. The second-order valence-electron chi connectivity index (χ2n) is 7.94. The van der Waals surface area contributed by atoms with E-state index in [1.807, 2.05) is 37.3 Å². The first-order valence-electron chi connectivity index (χ1n) is 9.89. The molecule has 0 radical (unpaired) electrons. The summed E-state index contributed by atoms with van der Waals surface area (Å²) in [5, 5.41) is 4.96. The van der Waals surface area contributed by atoms with Gasteiger partial charge in [-0.2, -0.15) is 4.31 Å². The second-order valence-corrected chi connectivity index (χ2v) is 9.88. The van der Waals surface area contributed by atoms with Crippen LogP contribution in [0.4, 0.5) is 0 Å². The van der Waals surface area contributed by atoms with Gasteiger partial charge >= 0.3 is 0 Å². The molecule has 0 bridgehead atoms. The molecule has 1 amide bonds. The lowest BCUT2D eigenvalue weighted by atomic mass is 10.1. The van der Waals surface area contributed by atoms with Gasteiger partial charge < -0.3 is 10.2 Å². The van der Waals surface area contributed by atoms with Gasteiger partial charge in [0.15, 0.2) is 6.54 Å². The van der Waals surface area contributed by atoms with E-state index in [9.17, 15) is 13.2 Å². The van der Waals surface area contributed by atoms with Crippen molar-refractivity contribution in [3.63, 3.8) is 0 Å². The number of nitrogens with one attached hydrogen (secondary N) is 2. The number of piperazine rings is 1. The number of fused-ring (bicyclic) bond motifs is 1. The average molecular weight is 405 g/mol. The molecule has 3 rings (SSSR count). The summed E-state index contributed by atoms with van der Waals surface area (Å²) in [6.45, 7) is 8.68. The van der Waals surface area contributed by atoms with Crippen LogP contribution < -0.4 is 10.2 Å². The molecule has 0 unspecified atom stereocenters. The van der Waals surface area contributed by atoms with Crippen LogP contribution in [-0.2, 0) is 14.8 Å². The zero-order chi connectivity index (χ0) is 20.3. The van der Waals surface area contributed by atoms with Crippen molar-refractivity contribution < 1.29 is 18.1 Å². The molecule has 7 heteroatoms. The molecule has 6 nitrogen and oxygen atoms in total. The number of hydrogen-bond acceptors (Lipinski definition) is 3. The summed E-state index contributed by atoms with van der Waals surface area (Å²) in [5.41, 5.74) is 0. The van der Waals surface area contributed by atoms with Gasteiger partial charge in [0, 0.05) is 6.04 Å². The predicted molar refractivity (Wildman–Crippen MR) is 111 cm³/mol. The summed E-state index contributed by atoms with van der Waals surface area (Å²) in [5.74, 6) is 0.421. The van der Waals surface area contributed by atoms with Crippen LogP contribution in [-0.4, -0.2) is 57.4 Å². The van der Waals surface area contributed by atoms with Crippen LogP contribution in [0.15, 0.2) is 47.4 Å². The van der Waals surface area contributed by atoms with Gasteiger partial charge in [-0.1, -0.05) is 44.2 Å². The summed E-state index contributed by atoms with van der Waals surface area (Å²) in [6, 6.07) is 13.2. The highest BCUT2D eigenvalue weighted by atomic mass is 32.2. The minimum Gasteiger partial charge on any atom is -0.348 e. The molecule has 0 spiro atoms. The number of sulfonamides is 1. The van der Waals surface area contributed by atoms with Crippen LogP contribution in [0.1, 0.15) is 20.8 Å². The molecule has 28 heavy (non-hydrogen) atoms. The van der Waals surface area contributed by atoms with Crippen LogP contribution in [0.2, 0.25) is 0 Å². The Bertz CT molecular complexity index is 935. The highest BCUT2D eigenvalue weighted by molar-refractivity contribution is 7.89. The Balaban J connectivity index is 1.61. The molecule has 0 aliphatic carbocycles. The molecule has 0 aromatic heterocycles. The van der Waals surface area contributed by atoms with Gasteiger partial charge in [-0.05, 0) is 35.7 Å². The maximum Gasteiger partial charge on any atom is 0.275 e. The highest BCUT2D eigenvalue weighted by Crippen LogP contribution is 2.21. The third kappa shape index (κ3) is 4.71. The molecule has 2 aromatic carbocycles. The third-order valence-electron chi connectivity index (χ3n) is 5.59. The van der Waals surface area contributed by atoms with E-state index in [4.69, 9.17) is 0 Å². The Morgan fingerprint density at radius 2 is 1.71 bits per heavy atom. The molecular weight excluding hydrogens is 374 g/mol. The molecule has 2 N–H and O–H groups in total. The number of nitrogens with zero attached hydrogens (tertiary/aromatic N) is 1. The van der Waals surface area contributed by atoms with Gasteiger partial charge in [0.2, 0.25) is 10.0 Å². The molecular formula is C21H30N3O3S+. The van der Waals surface area contributed by atoms with Crippen LogP contribution in [0.25, 0.3) is 10.8 Å². The van der Waals surface area contributed by atoms with Gasteiger partial charge in [0.05, 0.1) is 31.1 Å². The summed E-state index contributed by atoms with van der Waals surface area (Å²) in [6.07, 6.45) is 0. The maximum absolute atomic E-state index is 13.0. The Morgan fingerprint density at radius 3 is 2.36 bits per heavy atom. The highest BCUT2D eigenvalue weighted by Gasteiger charge is 2.31. The fraction of sp³-hybridized carbons (Fsp3) is 0.476. The van der Waals surface area contributed by atoms with Crippen LogP contribution in [0.5, 0.6) is 0 Å². The molecule has 1 saturated heterocycles. The lowest BCUT2D eigenvalue weighted by Crippen LogP contribution is -3.15. The van der Waals surface area contributed by atoms with Crippen molar-refractivity contribution in [3.8, 4) is 0 Å². The van der Waals surface area contributed by atoms with E-state index < -0.39 is 10.0 Å². The molecule has 1 atom stereocenters. The average Bonchev–Trinajstić information content (AvgIpc) is 2.67. The Kier molecular flexibility index (Phi) is 6.37. The standard InChI is InChI=1S/C21H29N3O3S/c1-16(2)17(3)22-21(25)15-23-10-12-24(13-11-23)28(26,27)20-9-8-18-6-4-5-7-19(18)14-20/h4-9,14,16-17H,10-13,15H2,1-3H3,(H,22,25)/p+1/t17-/m0/s1. The van der Waals surface area contributed by atoms with E-state index in [1.54, 1.807) is 12.1 Å².